The van der Waals surface area contributed by atoms with E-state index in [1.165, 1.54) is 12.1 Å². The van der Waals surface area contributed by atoms with Crippen molar-refractivity contribution in [2.75, 3.05) is 26.2 Å². The van der Waals surface area contributed by atoms with Gasteiger partial charge in [-0.05, 0) is 49.2 Å². The summed E-state index contributed by atoms with van der Waals surface area (Å²) in [6.07, 6.45) is 0. The van der Waals surface area contributed by atoms with Gasteiger partial charge in [0.2, 0.25) is 0 Å². The molecule has 1 saturated heterocycles. The number of aryl methyl sites for hydroxylation is 1. The van der Waals surface area contributed by atoms with E-state index in [-0.39, 0.29) is 17.4 Å². The van der Waals surface area contributed by atoms with Gasteiger partial charge in [-0.3, -0.25) is 24.5 Å². The molecule has 1 aliphatic heterocycles. The first-order valence-electron chi connectivity index (χ1n) is 11.0. The van der Waals surface area contributed by atoms with Gasteiger partial charge < -0.3 is 4.90 Å². The van der Waals surface area contributed by atoms with Crippen LogP contribution in [-0.2, 0) is 13.1 Å². The van der Waals surface area contributed by atoms with Crippen molar-refractivity contribution in [2.45, 2.75) is 26.9 Å². The smallest absolute Gasteiger partial charge is 0.312 e. The predicted octanol–water partition coefficient (Wildman–Crippen LogP) is 4.21. The largest absolute Gasteiger partial charge is 0.336 e. The Labute approximate surface area is 201 Å². The molecule has 2 aromatic carbocycles. The Morgan fingerprint density at radius 3 is 2.35 bits per heavy atom. The molecule has 8 nitrogen and oxygen atoms in total. The topological polar surface area (TPSA) is 84.5 Å². The maximum absolute atomic E-state index is 13.3. The van der Waals surface area contributed by atoms with E-state index in [9.17, 15) is 19.3 Å². The first-order valence-corrected chi connectivity index (χ1v) is 11.3. The van der Waals surface area contributed by atoms with Crippen LogP contribution >= 0.6 is 11.6 Å². The van der Waals surface area contributed by atoms with Crippen LogP contribution in [0.1, 0.15) is 32.9 Å². The molecule has 3 aromatic rings. The number of piperazine rings is 1. The van der Waals surface area contributed by atoms with Crippen molar-refractivity contribution in [1.82, 2.24) is 19.6 Å². The Hall–Kier alpha value is -3.30. The third kappa shape index (κ3) is 5.10. The highest BCUT2D eigenvalue weighted by atomic mass is 35.5. The van der Waals surface area contributed by atoms with Gasteiger partial charge in [-0.25, -0.2) is 4.39 Å². The summed E-state index contributed by atoms with van der Waals surface area (Å²) in [6, 6.07) is 11.7. The highest BCUT2D eigenvalue weighted by Crippen LogP contribution is 2.23. The van der Waals surface area contributed by atoms with Crippen LogP contribution in [0.3, 0.4) is 0 Å². The van der Waals surface area contributed by atoms with Crippen molar-refractivity contribution in [3.8, 4) is 0 Å². The molecule has 0 N–H and O–H groups in total. The van der Waals surface area contributed by atoms with E-state index in [4.69, 9.17) is 11.6 Å². The summed E-state index contributed by atoms with van der Waals surface area (Å²) >= 11 is 6.14. The number of carbonyl (C=O) groups is 1. The van der Waals surface area contributed by atoms with Crippen LogP contribution in [0.25, 0.3) is 0 Å². The van der Waals surface area contributed by atoms with Crippen LogP contribution in [-0.4, -0.2) is 56.6 Å². The number of nitrogens with zero attached hydrogens (tertiary/aromatic N) is 5. The zero-order valence-corrected chi connectivity index (χ0v) is 19.8. The minimum atomic E-state index is -0.413. The molecule has 0 spiro atoms. The summed E-state index contributed by atoms with van der Waals surface area (Å²) in [5, 5.41) is 15.9. The fourth-order valence-electron chi connectivity index (χ4n) is 4.21. The Kier molecular flexibility index (Phi) is 6.95. The molecule has 1 aromatic heterocycles. The van der Waals surface area contributed by atoms with Gasteiger partial charge in [-0.2, -0.15) is 5.10 Å². The van der Waals surface area contributed by atoms with Crippen molar-refractivity contribution < 1.29 is 14.1 Å². The molecule has 0 bridgehead atoms. The summed E-state index contributed by atoms with van der Waals surface area (Å²) in [5.74, 6) is -0.390. The van der Waals surface area contributed by atoms with Crippen molar-refractivity contribution in [2.24, 2.45) is 0 Å². The van der Waals surface area contributed by atoms with E-state index < -0.39 is 4.92 Å². The summed E-state index contributed by atoms with van der Waals surface area (Å²) in [7, 11) is 0. The van der Waals surface area contributed by atoms with Gasteiger partial charge in [0, 0.05) is 43.3 Å². The zero-order valence-electron chi connectivity index (χ0n) is 19.0. The molecule has 10 heteroatoms. The van der Waals surface area contributed by atoms with Crippen molar-refractivity contribution in [1.29, 1.82) is 0 Å². The van der Waals surface area contributed by atoms with E-state index in [2.05, 4.69) is 10.00 Å². The molecule has 0 radical (unpaired) electrons. The monoisotopic (exact) mass is 485 g/mol. The molecule has 0 unspecified atom stereocenters. The van der Waals surface area contributed by atoms with Crippen LogP contribution < -0.4 is 0 Å². The second-order valence-corrected chi connectivity index (χ2v) is 8.84. The number of amides is 1. The Balaban J connectivity index is 1.34. The number of hydrogen-bond donors (Lipinski definition) is 0. The van der Waals surface area contributed by atoms with E-state index in [1.54, 1.807) is 36.7 Å². The number of benzene rings is 2. The summed E-state index contributed by atoms with van der Waals surface area (Å²) in [6.45, 7) is 6.89. The van der Waals surface area contributed by atoms with E-state index in [0.717, 1.165) is 11.1 Å². The molecule has 1 amide bonds. The second kappa shape index (κ2) is 9.90. The molecule has 1 fully saturated rings. The van der Waals surface area contributed by atoms with Gasteiger partial charge in [-0.1, -0.05) is 29.8 Å². The Morgan fingerprint density at radius 2 is 1.76 bits per heavy atom. The number of halogens is 2. The van der Waals surface area contributed by atoms with Gasteiger partial charge >= 0.3 is 5.69 Å². The number of hydrogen-bond acceptors (Lipinski definition) is 5. The first kappa shape index (κ1) is 23.8. The molecule has 4 rings (SSSR count). The number of rotatable bonds is 6. The average molecular weight is 486 g/mol. The third-order valence-electron chi connectivity index (χ3n) is 6.13. The van der Waals surface area contributed by atoms with E-state index in [1.807, 2.05) is 17.0 Å². The molecular formula is C24H25ClFN5O3. The van der Waals surface area contributed by atoms with Crippen LogP contribution in [0.4, 0.5) is 10.1 Å². The van der Waals surface area contributed by atoms with E-state index >= 15 is 0 Å². The molecular weight excluding hydrogens is 461 g/mol. The predicted molar refractivity (Wildman–Crippen MR) is 126 cm³/mol. The molecule has 0 aliphatic carbocycles. The highest BCUT2D eigenvalue weighted by Gasteiger charge is 2.24. The molecule has 34 heavy (non-hydrogen) atoms. The zero-order chi connectivity index (χ0) is 24.4. The first-order chi connectivity index (χ1) is 16.2. The van der Waals surface area contributed by atoms with Crippen molar-refractivity contribution in [3.63, 3.8) is 0 Å². The SMILES string of the molecule is Cc1nn(Cc2ccc(C(=O)N3CCN(Cc4ccc(F)cc4Cl)CC3)cc2)c(C)c1[N+](=O)[O-]. The molecule has 1 aliphatic rings. The maximum Gasteiger partial charge on any atom is 0.312 e. The Bertz CT molecular complexity index is 1220. The van der Waals surface area contributed by atoms with Crippen molar-refractivity contribution in [3.05, 3.63) is 91.5 Å². The van der Waals surface area contributed by atoms with Gasteiger partial charge in [0.1, 0.15) is 17.2 Å². The van der Waals surface area contributed by atoms with Crippen molar-refractivity contribution >= 4 is 23.2 Å². The second-order valence-electron chi connectivity index (χ2n) is 8.44. The Morgan fingerprint density at radius 1 is 1.09 bits per heavy atom. The minimum absolute atomic E-state index is 0.0345. The normalized spacial score (nSPS) is 14.4. The quantitative estimate of drug-likeness (QED) is 0.386. The molecule has 0 atom stereocenters. The fraction of sp³-hybridized carbons (Fsp3) is 0.333. The van der Waals surface area contributed by atoms with Gasteiger partial charge in [0.05, 0.1) is 11.5 Å². The number of aromatic nitrogens is 2. The van der Waals surface area contributed by atoms with Gasteiger partial charge in [-0.15, -0.1) is 0 Å². The molecule has 178 valence electrons. The third-order valence-corrected chi connectivity index (χ3v) is 6.48. The minimum Gasteiger partial charge on any atom is -0.336 e. The van der Waals surface area contributed by atoms with Crippen LogP contribution in [0, 0.1) is 29.8 Å². The van der Waals surface area contributed by atoms with Crippen LogP contribution in [0.5, 0.6) is 0 Å². The maximum atomic E-state index is 13.3. The summed E-state index contributed by atoms with van der Waals surface area (Å²) in [5.41, 5.74) is 3.28. The summed E-state index contributed by atoms with van der Waals surface area (Å²) < 4.78 is 14.9. The standard InChI is InChI=1S/C24H25ClFN5O3/c1-16-23(31(33)34)17(2)30(27-16)14-18-3-5-19(6-4-18)24(32)29-11-9-28(10-12-29)15-20-7-8-21(26)13-22(20)25/h3-8,13H,9-12,14-15H2,1-2H3. The molecule has 2 heterocycles. The van der Waals surface area contributed by atoms with E-state index in [0.29, 0.717) is 61.2 Å². The van der Waals surface area contributed by atoms with Gasteiger partial charge in [0.15, 0.2) is 0 Å². The number of nitro groups is 1. The lowest BCUT2D eigenvalue weighted by Crippen LogP contribution is -2.48. The van der Waals surface area contributed by atoms with Crippen LogP contribution in [0.2, 0.25) is 5.02 Å². The van der Waals surface area contributed by atoms with Crippen LogP contribution in [0.15, 0.2) is 42.5 Å². The summed E-state index contributed by atoms with van der Waals surface area (Å²) in [4.78, 5) is 27.8. The lowest BCUT2D eigenvalue weighted by Gasteiger charge is -2.35. The fourth-order valence-corrected chi connectivity index (χ4v) is 4.44. The lowest BCUT2D eigenvalue weighted by atomic mass is 10.1. The number of carbonyl (C=O) groups excluding carboxylic acids is 1. The lowest BCUT2D eigenvalue weighted by molar-refractivity contribution is -0.386. The average Bonchev–Trinajstić information content (AvgIpc) is 3.09. The molecule has 0 saturated carbocycles. The van der Waals surface area contributed by atoms with Gasteiger partial charge in [0.25, 0.3) is 5.91 Å². The highest BCUT2D eigenvalue weighted by molar-refractivity contribution is 6.31.